The highest BCUT2D eigenvalue weighted by molar-refractivity contribution is 6.76. The maximum atomic E-state index is 5.45. The Bertz CT molecular complexity index is 615. The number of hydrogen-bond donors (Lipinski definition) is 0. The van der Waals surface area contributed by atoms with Crippen LogP contribution in [0.15, 0.2) is 29.3 Å². The smallest absolute Gasteiger partial charge is 0.161 e. The minimum absolute atomic E-state index is 0.779. The molecule has 4 heteroatoms. The molecule has 0 aromatic heterocycles. The first kappa shape index (κ1) is 17.8. The number of methoxy groups -OCH3 is 2. The number of rotatable bonds is 7. The fourth-order valence-corrected chi connectivity index (χ4v) is 4.82. The second kappa shape index (κ2) is 7.34. The molecule has 1 aliphatic heterocycles. The number of hydrogen-bond acceptors (Lipinski definition) is 3. The third-order valence-corrected chi connectivity index (χ3v) is 5.66. The molecule has 0 aliphatic carbocycles. The molecule has 23 heavy (non-hydrogen) atoms. The molecule has 0 saturated carbocycles. The molecule has 1 aromatic carbocycles. The van der Waals surface area contributed by atoms with Crippen molar-refractivity contribution in [3.8, 4) is 11.5 Å². The summed E-state index contributed by atoms with van der Waals surface area (Å²) in [7, 11) is 2.28. The van der Waals surface area contributed by atoms with E-state index in [1.165, 1.54) is 28.5 Å². The van der Waals surface area contributed by atoms with Crippen LogP contribution >= 0.6 is 0 Å². The SMILES string of the molecule is C=C(CCC1=NCCc2cc(OC)c(OC)cc21)C[Si](C)(C)C. The van der Waals surface area contributed by atoms with Crippen molar-refractivity contribution < 1.29 is 9.47 Å². The Hall–Kier alpha value is -1.55. The first-order valence-corrected chi connectivity index (χ1v) is 12.0. The molecule has 126 valence electrons. The van der Waals surface area contributed by atoms with Crippen LogP contribution in [-0.2, 0) is 6.42 Å². The van der Waals surface area contributed by atoms with Crippen LogP contribution in [0, 0.1) is 0 Å². The highest BCUT2D eigenvalue weighted by atomic mass is 28.3. The third kappa shape index (κ3) is 4.71. The fraction of sp³-hybridized carbons (Fsp3) is 0.526. The molecule has 0 unspecified atom stereocenters. The lowest BCUT2D eigenvalue weighted by Gasteiger charge is -2.21. The summed E-state index contributed by atoms with van der Waals surface area (Å²) in [6.07, 6.45) is 2.96. The molecule has 0 spiro atoms. The van der Waals surface area contributed by atoms with Gasteiger partial charge in [0, 0.05) is 25.9 Å². The number of aliphatic imine (C=N–C) groups is 1. The van der Waals surface area contributed by atoms with Gasteiger partial charge in [0.1, 0.15) is 0 Å². The number of benzene rings is 1. The Balaban J connectivity index is 2.14. The van der Waals surface area contributed by atoms with Crippen LogP contribution in [0.2, 0.25) is 25.7 Å². The summed E-state index contributed by atoms with van der Waals surface area (Å²) in [5.41, 5.74) is 5.07. The molecule has 1 aliphatic rings. The zero-order valence-electron chi connectivity index (χ0n) is 15.2. The van der Waals surface area contributed by atoms with Gasteiger partial charge in [0.25, 0.3) is 0 Å². The molecule has 0 atom stereocenters. The summed E-state index contributed by atoms with van der Waals surface area (Å²) in [4.78, 5) is 4.76. The maximum Gasteiger partial charge on any atom is 0.161 e. The van der Waals surface area contributed by atoms with Gasteiger partial charge in [-0.15, -0.1) is 6.58 Å². The topological polar surface area (TPSA) is 30.8 Å². The monoisotopic (exact) mass is 331 g/mol. The Morgan fingerprint density at radius 2 is 1.83 bits per heavy atom. The van der Waals surface area contributed by atoms with Crippen LogP contribution in [0.1, 0.15) is 24.0 Å². The molecule has 0 saturated heterocycles. The molecule has 1 heterocycles. The number of ether oxygens (including phenoxy) is 2. The predicted molar refractivity (Wildman–Crippen MR) is 101 cm³/mol. The van der Waals surface area contributed by atoms with Crippen LogP contribution in [0.3, 0.4) is 0 Å². The van der Waals surface area contributed by atoms with Gasteiger partial charge in [-0.25, -0.2) is 0 Å². The average molecular weight is 332 g/mol. The van der Waals surface area contributed by atoms with Crippen molar-refractivity contribution in [3.63, 3.8) is 0 Å². The van der Waals surface area contributed by atoms with E-state index in [9.17, 15) is 0 Å². The van der Waals surface area contributed by atoms with Gasteiger partial charge in [-0.05, 0) is 43.0 Å². The largest absolute Gasteiger partial charge is 0.493 e. The molecule has 3 nitrogen and oxygen atoms in total. The minimum Gasteiger partial charge on any atom is -0.493 e. The van der Waals surface area contributed by atoms with Crippen LogP contribution in [0.25, 0.3) is 0 Å². The van der Waals surface area contributed by atoms with Crippen molar-refractivity contribution in [1.29, 1.82) is 0 Å². The molecule has 0 fully saturated rings. The summed E-state index contributed by atoms with van der Waals surface area (Å²) < 4.78 is 10.9. The lowest BCUT2D eigenvalue weighted by Crippen LogP contribution is -2.20. The maximum absolute atomic E-state index is 5.45. The van der Waals surface area contributed by atoms with Gasteiger partial charge in [-0.1, -0.05) is 25.2 Å². The van der Waals surface area contributed by atoms with Crippen molar-refractivity contribution in [2.45, 2.75) is 44.9 Å². The number of fused-ring (bicyclic) bond motifs is 1. The summed E-state index contributed by atoms with van der Waals surface area (Å²) >= 11 is 0. The first-order valence-electron chi connectivity index (χ1n) is 8.29. The van der Waals surface area contributed by atoms with Crippen LogP contribution in [0.5, 0.6) is 11.5 Å². The Morgan fingerprint density at radius 3 is 2.43 bits per heavy atom. The lowest BCUT2D eigenvalue weighted by molar-refractivity contribution is 0.354. The predicted octanol–water partition coefficient (Wildman–Crippen LogP) is 4.72. The molecule has 0 radical (unpaired) electrons. The zero-order valence-corrected chi connectivity index (χ0v) is 16.2. The summed E-state index contributed by atoms with van der Waals surface area (Å²) in [5, 5.41) is 0. The van der Waals surface area contributed by atoms with E-state index in [-0.39, 0.29) is 0 Å². The van der Waals surface area contributed by atoms with Gasteiger partial charge in [-0.2, -0.15) is 0 Å². The van der Waals surface area contributed by atoms with E-state index in [0.717, 1.165) is 37.3 Å². The van der Waals surface area contributed by atoms with E-state index >= 15 is 0 Å². The second-order valence-corrected chi connectivity index (χ2v) is 12.9. The van der Waals surface area contributed by atoms with Gasteiger partial charge >= 0.3 is 0 Å². The Kier molecular flexibility index (Phi) is 5.68. The van der Waals surface area contributed by atoms with E-state index in [1.54, 1.807) is 14.2 Å². The summed E-state index contributed by atoms with van der Waals surface area (Å²) in [6, 6.07) is 5.37. The molecule has 2 rings (SSSR count). The van der Waals surface area contributed by atoms with E-state index in [2.05, 4.69) is 38.4 Å². The van der Waals surface area contributed by atoms with Crippen molar-refractivity contribution in [2.75, 3.05) is 20.8 Å². The Labute approximate surface area is 141 Å². The average Bonchev–Trinajstić information content (AvgIpc) is 2.49. The normalized spacial score (nSPS) is 14.0. The van der Waals surface area contributed by atoms with Crippen molar-refractivity contribution in [2.24, 2.45) is 4.99 Å². The fourth-order valence-electron chi connectivity index (χ4n) is 3.14. The quantitative estimate of drug-likeness (QED) is 0.534. The number of allylic oxidation sites excluding steroid dienone is 1. The molecular weight excluding hydrogens is 302 g/mol. The molecule has 0 N–H and O–H groups in total. The second-order valence-electron chi connectivity index (χ2n) is 7.43. The summed E-state index contributed by atoms with van der Waals surface area (Å²) in [5.74, 6) is 1.58. The van der Waals surface area contributed by atoms with Gasteiger partial charge in [-0.3, -0.25) is 4.99 Å². The molecule has 1 aromatic rings. The number of nitrogens with zero attached hydrogens (tertiary/aromatic N) is 1. The van der Waals surface area contributed by atoms with Crippen molar-refractivity contribution in [1.82, 2.24) is 0 Å². The highest BCUT2D eigenvalue weighted by Crippen LogP contribution is 2.33. The standard InChI is InChI=1S/C19H29NO2Si/c1-14(13-23(4,5)6)7-8-17-16-12-19(22-3)18(21-2)11-15(16)9-10-20-17/h11-12H,1,7-10,13H2,2-6H3. The van der Waals surface area contributed by atoms with Gasteiger partial charge in [0.15, 0.2) is 11.5 Å². The zero-order chi connectivity index (χ0) is 17.0. The van der Waals surface area contributed by atoms with Crippen molar-refractivity contribution >= 4 is 13.8 Å². The van der Waals surface area contributed by atoms with Gasteiger partial charge in [0.05, 0.1) is 14.2 Å². The minimum atomic E-state index is -1.08. The van der Waals surface area contributed by atoms with Gasteiger partial charge in [0.2, 0.25) is 0 Å². The van der Waals surface area contributed by atoms with Crippen LogP contribution in [0.4, 0.5) is 0 Å². The van der Waals surface area contributed by atoms with Gasteiger partial charge < -0.3 is 9.47 Å². The van der Waals surface area contributed by atoms with E-state index in [1.807, 2.05) is 0 Å². The van der Waals surface area contributed by atoms with Crippen LogP contribution < -0.4 is 9.47 Å². The summed E-state index contributed by atoms with van der Waals surface area (Å²) in [6.45, 7) is 12.3. The molecule has 0 amide bonds. The third-order valence-electron chi connectivity index (χ3n) is 4.10. The van der Waals surface area contributed by atoms with E-state index < -0.39 is 8.07 Å². The van der Waals surface area contributed by atoms with Crippen molar-refractivity contribution in [3.05, 3.63) is 35.4 Å². The first-order chi connectivity index (χ1) is 10.8. The van der Waals surface area contributed by atoms with Crippen LogP contribution in [-0.4, -0.2) is 34.5 Å². The molecular formula is C19H29NO2Si. The lowest BCUT2D eigenvalue weighted by atomic mass is 9.93. The van der Waals surface area contributed by atoms with E-state index in [0.29, 0.717) is 0 Å². The highest BCUT2D eigenvalue weighted by Gasteiger charge is 2.19. The van der Waals surface area contributed by atoms with E-state index in [4.69, 9.17) is 14.5 Å². The molecule has 0 bridgehead atoms. The Morgan fingerprint density at radius 1 is 1.17 bits per heavy atom.